The minimum Gasteiger partial charge on any atom is -0.480 e. The third-order valence-electron chi connectivity index (χ3n) is 3.77. The molecule has 1 N–H and O–H groups in total. The van der Waals surface area contributed by atoms with Gasteiger partial charge in [-0.15, -0.1) is 0 Å². The Hall–Kier alpha value is -2.65. The Morgan fingerprint density at radius 1 is 1.27 bits per heavy atom. The summed E-state index contributed by atoms with van der Waals surface area (Å²) in [5.74, 6) is -1.38. The number of aliphatic carboxylic acids is 1. The predicted octanol–water partition coefficient (Wildman–Crippen LogP) is 3.23. The Labute approximate surface area is 154 Å². The number of carboxylic acids is 1. The summed E-state index contributed by atoms with van der Waals surface area (Å²) in [5.41, 5.74) is 0.0343. The molecular formula is C16H15ClN2O6S. The van der Waals surface area contributed by atoms with E-state index < -0.39 is 32.6 Å². The fraction of sp³-hybridized carbons (Fsp3) is 0.188. The zero-order valence-electron chi connectivity index (χ0n) is 13.8. The first-order valence-electron chi connectivity index (χ1n) is 7.34. The number of hydrogen-bond acceptors (Lipinski definition) is 5. The van der Waals surface area contributed by atoms with Crippen LogP contribution in [-0.4, -0.2) is 30.5 Å². The summed E-state index contributed by atoms with van der Waals surface area (Å²) in [6.45, 7) is 2.76. The molecule has 1 atom stereocenters. The van der Waals surface area contributed by atoms with Gasteiger partial charge in [0.05, 0.1) is 15.5 Å². The van der Waals surface area contributed by atoms with Crippen LogP contribution < -0.4 is 4.31 Å². The molecule has 0 saturated heterocycles. The SMILES string of the molecule is Cc1c(Cl)cccc1N(C(C)C(=O)O)S(=O)(=O)c1cccc([N+](=O)[O-])c1. The van der Waals surface area contributed by atoms with E-state index in [9.17, 15) is 28.4 Å². The number of nitro groups is 1. The summed E-state index contributed by atoms with van der Waals surface area (Å²) in [7, 11) is -4.40. The molecule has 0 spiro atoms. The van der Waals surface area contributed by atoms with Gasteiger partial charge in [0.25, 0.3) is 15.7 Å². The van der Waals surface area contributed by atoms with Crippen molar-refractivity contribution in [2.24, 2.45) is 0 Å². The van der Waals surface area contributed by atoms with Crippen LogP contribution in [0.1, 0.15) is 12.5 Å². The van der Waals surface area contributed by atoms with Crippen molar-refractivity contribution in [3.8, 4) is 0 Å². The molecule has 138 valence electrons. The lowest BCUT2D eigenvalue weighted by Gasteiger charge is -2.29. The molecule has 0 aromatic heterocycles. The molecule has 0 bridgehead atoms. The molecule has 0 amide bonds. The molecule has 2 aromatic rings. The summed E-state index contributed by atoms with van der Waals surface area (Å²) in [4.78, 5) is 21.3. The summed E-state index contributed by atoms with van der Waals surface area (Å²) in [5, 5.41) is 20.6. The summed E-state index contributed by atoms with van der Waals surface area (Å²) < 4.78 is 26.9. The highest BCUT2D eigenvalue weighted by molar-refractivity contribution is 7.93. The Kier molecular flexibility index (Phi) is 5.53. The smallest absolute Gasteiger partial charge is 0.327 e. The molecule has 26 heavy (non-hydrogen) atoms. The second-order valence-corrected chi connectivity index (χ2v) is 7.68. The Morgan fingerprint density at radius 2 is 1.88 bits per heavy atom. The fourth-order valence-electron chi connectivity index (χ4n) is 2.35. The number of anilines is 1. The van der Waals surface area contributed by atoms with Crippen molar-refractivity contribution in [2.45, 2.75) is 24.8 Å². The molecule has 0 heterocycles. The van der Waals surface area contributed by atoms with E-state index in [0.29, 0.717) is 9.87 Å². The topological polar surface area (TPSA) is 118 Å². The molecular weight excluding hydrogens is 384 g/mol. The summed E-state index contributed by atoms with van der Waals surface area (Å²) in [6, 6.07) is 7.43. The first kappa shape index (κ1) is 19.7. The van der Waals surface area contributed by atoms with Crippen molar-refractivity contribution in [1.29, 1.82) is 0 Å². The number of non-ortho nitro benzene ring substituents is 1. The van der Waals surface area contributed by atoms with Crippen LogP contribution in [-0.2, 0) is 14.8 Å². The van der Waals surface area contributed by atoms with Crippen molar-refractivity contribution in [2.75, 3.05) is 4.31 Å². The molecule has 2 rings (SSSR count). The molecule has 0 aliphatic rings. The van der Waals surface area contributed by atoms with Crippen LogP contribution >= 0.6 is 11.6 Å². The number of nitrogens with zero attached hydrogens (tertiary/aromatic N) is 2. The van der Waals surface area contributed by atoms with Gasteiger partial charge in [-0.2, -0.15) is 0 Å². The van der Waals surface area contributed by atoms with Gasteiger partial charge in [0.1, 0.15) is 6.04 Å². The second kappa shape index (κ2) is 7.30. The van der Waals surface area contributed by atoms with Gasteiger partial charge >= 0.3 is 5.97 Å². The number of halogens is 1. The van der Waals surface area contributed by atoms with E-state index in [0.717, 1.165) is 12.1 Å². The van der Waals surface area contributed by atoms with Gasteiger partial charge in [-0.3, -0.25) is 14.4 Å². The average Bonchev–Trinajstić information content (AvgIpc) is 2.58. The van der Waals surface area contributed by atoms with E-state index >= 15 is 0 Å². The van der Waals surface area contributed by atoms with Crippen LogP contribution in [0.5, 0.6) is 0 Å². The van der Waals surface area contributed by atoms with Gasteiger partial charge in [0.15, 0.2) is 0 Å². The standard InChI is InChI=1S/C16H15ClN2O6S/c1-10-14(17)7-4-8-15(10)18(11(2)16(20)21)26(24,25)13-6-3-5-12(9-13)19(22)23/h3-9,11H,1-2H3,(H,20,21). The number of carbonyl (C=O) groups is 1. The van der Waals surface area contributed by atoms with Crippen LogP contribution in [0.4, 0.5) is 11.4 Å². The van der Waals surface area contributed by atoms with Crippen LogP contribution in [0.25, 0.3) is 0 Å². The molecule has 0 aliphatic heterocycles. The van der Waals surface area contributed by atoms with Crippen molar-refractivity contribution in [3.05, 3.63) is 63.2 Å². The summed E-state index contributed by atoms with van der Waals surface area (Å²) in [6.07, 6.45) is 0. The molecule has 0 aliphatic carbocycles. The molecule has 0 radical (unpaired) electrons. The highest BCUT2D eigenvalue weighted by Crippen LogP contribution is 2.33. The lowest BCUT2D eigenvalue weighted by Crippen LogP contribution is -2.43. The minimum absolute atomic E-state index is 0.0823. The number of hydrogen-bond donors (Lipinski definition) is 1. The maximum Gasteiger partial charge on any atom is 0.327 e. The van der Waals surface area contributed by atoms with E-state index in [2.05, 4.69) is 0 Å². The van der Waals surface area contributed by atoms with Crippen molar-refractivity contribution in [1.82, 2.24) is 0 Å². The monoisotopic (exact) mass is 398 g/mol. The maximum absolute atomic E-state index is 13.1. The molecule has 8 nitrogen and oxygen atoms in total. The van der Waals surface area contributed by atoms with Gasteiger partial charge < -0.3 is 5.11 Å². The highest BCUT2D eigenvalue weighted by atomic mass is 35.5. The summed E-state index contributed by atoms with van der Waals surface area (Å²) >= 11 is 6.05. The third kappa shape index (κ3) is 3.63. The van der Waals surface area contributed by atoms with Crippen molar-refractivity contribution in [3.63, 3.8) is 0 Å². The Bertz CT molecular complexity index is 976. The number of sulfonamides is 1. The Balaban J connectivity index is 2.72. The second-order valence-electron chi connectivity index (χ2n) is 5.45. The van der Waals surface area contributed by atoms with E-state index in [-0.39, 0.29) is 15.6 Å². The number of carboxylic acid groups (broad SMARTS) is 1. The van der Waals surface area contributed by atoms with Crippen LogP contribution in [0.2, 0.25) is 5.02 Å². The number of benzene rings is 2. The normalized spacial score (nSPS) is 12.4. The first-order chi connectivity index (χ1) is 12.1. The lowest BCUT2D eigenvalue weighted by atomic mass is 10.2. The van der Waals surface area contributed by atoms with Crippen molar-refractivity contribution < 1.29 is 23.2 Å². The lowest BCUT2D eigenvalue weighted by molar-refractivity contribution is -0.385. The van der Waals surface area contributed by atoms with Crippen LogP contribution in [0.3, 0.4) is 0 Å². The van der Waals surface area contributed by atoms with E-state index in [1.54, 1.807) is 13.0 Å². The van der Waals surface area contributed by atoms with E-state index in [4.69, 9.17) is 11.6 Å². The van der Waals surface area contributed by atoms with Gasteiger partial charge in [0, 0.05) is 17.2 Å². The predicted molar refractivity (Wildman–Crippen MR) is 96.0 cm³/mol. The highest BCUT2D eigenvalue weighted by Gasteiger charge is 2.35. The number of rotatable bonds is 6. The molecule has 0 saturated carbocycles. The minimum atomic E-state index is -4.40. The quantitative estimate of drug-likeness (QED) is 0.589. The molecule has 2 aromatic carbocycles. The molecule has 10 heteroatoms. The average molecular weight is 399 g/mol. The molecule has 0 fully saturated rings. The maximum atomic E-state index is 13.1. The van der Waals surface area contributed by atoms with E-state index in [1.807, 2.05) is 0 Å². The van der Waals surface area contributed by atoms with E-state index in [1.165, 1.54) is 31.2 Å². The van der Waals surface area contributed by atoms with Crippen LogP contribution in [0.15, 0.2) is 47.4 Å². The number of nitro benzene ring substituents is 1. The zero-order valence-corrected chi connectivity index (χ0v) is 15.4. The van der Waals surface area contributed by atoms with Gasteiger partial charge in [0.2, 0.25) is 0 Å². The largest absolute Gasteiger partial charge is 0.480 e. The van der Waals surface area contributed by atoms with Gasteiger partial charge in [-0.05, 0) is 37.6 Å². The first-order valence-corrected chi connectivity index (χ1v) is 9.16. The van der Waals surface area contributed by atoms with Gasteiger partial charge in [-0.25, -0.2) is 13.2 Å². The molecule has 1 unspecified atom stereocenters. The third-order valence-corrected chi connectivity index (χ3v) is 6.06. The zero-order chi connectivity index (χ0) is 19.6. The van der Waals surface area contributed by atoms with Gasteiger partial charge in [-0.1, -0.05) is 23.7 Å². The van der Waals surface area contributed by atoms with Crippen molar-refractivity contribution >= 4 is 39.0 Å². The fourth-order valence-corrected chi connectivity index (χ4v) is 4.23. The Morgan fingerprint density at radius 3 is 2.46 bits per heavy atom. The van der Waals surface area contributed by atoms with Crippen LogP contribution in [0, 0.1) is 17.0 Å².